The summed E-state index contributed by atoms with van der Waals surface area (Å²) in [5.74, 6) is 0.137. The van der Waals surface area contributed by atoms with Gasteiger partial charge in [0.25, 0.3) is 0 Å². The van der Waals surface area contributed by atoms with Crippen LogP contribution in [0.15, 0.2) is 12.1 Å². The Morgan fingerprint density at radius 3 is 2.87 bits per heavy atom. The van der Waals surface area contributed by atoms with Crippen LogP contribution in [0.1, 0.15) is 18.0 Å². The molecule has 0 aliphatic rings. The molecule has 0 aliphatic carbocycles. The van der Waals surface area contributed by atoms with Gasteiger partial charge in [-0.2, -0.15) is 5.26 Å². The highest BCUT2D eigenvalue weighted by Gasteiger charge is 2.13. The average molecular weight is 227 g/mol. The molecule has 0 heterocycles. The minimum atomic E-state index is -0.429. The fourth-order valence-electron chi connectivity index (χ4n) is 1.18. The molecule has 0 radical (unpaired) electrons. The minimum Gasteiger partial charge on any atom is -0.503 e. The Kier molecular flexibility index (Phi) is 3.78. The van der Waals surface area contributed by atoms with Crippen LogP contribution < -0.4 is 10.5 Å². The van der Waals surface area contributed by atoms with Gasteiger partial charge in [0.2, 0.25) is 0 Å². The van der Waals surface area contributed by atoms with Crippen molar-refractivity contribution in [1.29, 1.82) is 5.26 Å². The van der Waals surface area contributed by atoms with E-state index in [1.807, 2.05) is 6.07 Å². The van der Waals surface area contributed by atoms with E-state index in [-0.39, 0.29) is 22.9 Å². The van der Waals surface area contributed by atoms with Gasteiger partial charge in [-0.15, -0.1) is 0 Å². The first-order chi connectivity index (χ1) is 7.10. The van der Waals surface area contributed by atoms with Crippen molar-refractivity contribution < 1.29 is 9.84 Å². The Balaban J connectivity index is 3.11. The molecule has 5 heteroatoms. The summed E-state index contributed by atoms with van der Waals surface area (Å²) in [6, 6.07) is 4.64. The first-order valence-electron chi connectivity index (χ1n) is 4.29. The molecule has 0 amide bonds. The normalized spacial score (nSPS) is 11.9. The van der Waals surface area contributed by atoms with E-state index in [0.717, 1.165) is 0 Å². The van der Waals surface area contributed by atoms with Crippen LogP contribution in [0.25, 0.3) is 0 Å². The Morgan fingerprint density at radius 1 is 1.67 bits per heavy atom. The van der Waals surface area contributed by atoms with E-state index in [2.05, 4.69) is 0 Å². The van der Waals surface area contributed by atoms with E-state index in [1.54, 1.807) is 6.07 Å². The molecule has 4 nitrogen and oxygen atoms in total. The van der Waals surface area contributed by atoms with Crippen molar-refractivity contribution >= 4 is 11.6 Å². The van der Waals surface area contributed by atoms with Crippen LogP contribution in [-0.4, -0.2) is 12.2 Å². The number of rotatable bonds is 3. The molecular formula is C10H11ClN2O2. The lowest BCUT2D eigenvalue weighted by Crippen LogP contribution is -2.09. The van der Waals surface area contributed by atoms with Crippen LogP contribution in [0.2, 0.25) is 5.02 Å². The van der Waals surface area contributed by atoms with E-state index in [1.165, 1.54) is 13.2 Å². The molecule has 0 saturated heterocycles. The fraction of sp³-hybridized carbons (Fsp3) is 0.300. The molecule has 0 aromatic heterocycles. The monoisotopic (exact) mass is 226 g/mol. The SMILES string of the molecule is COc1cc([C@@H](N)CC#N)cc(Cl)c1O. The van der Waals surface area contributed by atoms with Crippen molar-refractivity contribution in [2.24, 2.45) is 5.73 Å². The van der Waals surface area contributed by atoms with E-state index < -0.39 is 6.04 Å². The van der Waals surface area contributed by atoms with Crippen molar-refractivity contribution in [3.8, 4) is 17.6 Å². The maximum absolute atomic E-state index is 9.47. The molecule has 1 rings (SSSR count). The van der Waals surface area contributed by atoms with E-state index >= 15 is 0 Å². The van der Waals surface area contributed by atoms with Gasteiger partial charge in [-0.05, 0) is 17.7 Å². The van der Waals surface area contributed by atoms with Crippen molar-refractivity contribution in [3.05, 3.63) is 22.7 Å². The lowest BCUT2D eigenvalue weighted by atomic mass is 10.0. The Hall–Kier alpha value is -1.44. The second-order valence-electron chi connectivity index (χ2n) is 3.02. The lowest BCUT2D eigenvalue weighted by molar-refractivity contribution is 0.372. The number of ether oxygens (including phenoxy) is 1. The van der Waals surface area contributed by atoms with Gasteiger partial charge in [-0.3, -0.25) is 0 Å². The number of nitrogens with zero attached hydrogens (tertiary/aromatic N) is 1. The van der Waals surface area contributed by atoms with Crippen LogP contribution in [0.4, 0.5) is 0 Å². The van der Waals surface area contributed by atoms with E-state index in [9.17, 15) is 5.11 Å². The summed E-state index contributed by atoms with van der Waals surface area (Å²) in [6.45, 7) is 0. The number of hydrogen-bond donors (Lipinski definition) is 2. The maximum atomic E-state index is 9.47. The Labute approximate surface area is 92.8 Å². The number of phenols is 1. The zero-order valence-electron chi connectivity index (χ0n) is 8.20. The van der Waals surface area contributed by atoms with Crippen molar-refractivity contribution in [3.63, 3.8) is 0 Å². The van der Waals surface area contributed by atoms with Gasteiger partial charge in [0, 0.05) is 6.04 Å². The van der Waals surface area contributed by atoms with Gasteiger partial charge >= 0.3 is 0 Å². The molecule has 0 bridgehead atoms. The Morgan fingerprint density at radius 2 is 2.33 bits per heavy atom. The number of phenolic OH excluding ortho intramolecular Hbond substituents is 1. The van der Waals surface area contributed by atoms with Crippen molar-refractivity contribution in [2.45, 2.75) is 12.5 Å². The van der Waals surface area contributed by atoms with Gasteiger partial charge < -0.3 is 15.6 Å². The molecule has 80 valence electrons. The average Bonchev–Trinajstić information content (AvgIpc) is 2.22. The summed E-state index contributed by atoms with van der Waals surface area (Å²) >= 11 is 5.77. The van der Waals surface area contributed by atoms with Crippen LogP contribution in [0.5, 0.6) is 11.5 Å². The van der Waals surface area contributed by atoms with Gasteiger partial charge in [-0.25, -0.2) is 0 Å². The topological polar surface area (TPSA) is 79.3 Å². The number of aromatic hydroxyl groups is 1. The summed E-state index contributed by atoms with van der Waals surface area (Å²) in [4.78, 5) is 0. The predicted molar refractivity (Wildman–Crippen MR) is 56.8 cm³/mol. The third-order valence-corrected chi connectivity index (χ3v) is 2.30. The zero-order chi connectivity index (χ0) is 11.4. The van der Waals surface area contributed by atoms with E-state index in [4.69, 9.17) is 27.3 Å². The third-order valence-electron chi connectivity index (χ3n) is 2.01. The summed E-state index contributed by atoms with van der Waals surface area (Å²) in [5, 5.41) is 18.1. The summed E-state index contributed by atoms with van der Waals surface area (Å²) in [6.07, 6.45) is 0.185. The molecular weight excluding hydrogens is 216 g/mol. The number of hydrogen-bond acceptors (Lipinski definition) is 4. The molecule has 15 heavy (non-hydrogen) atoms. The molecule has 0 fully saturated rings. The van der Waals surface area contributed by atoms with Gasteiger partial charge in [0.15, 0.2) is 11.5 Å². The summed E-state index contributed by atoms with van der Waals surface area (Å²) in [5.41, 5.74) is 6.39. The third kappa shape index (κ3) is 2.52. The maximum Gasteiger partial charge on any atom is 0.176 e. The minimum absolute atomic E-state index is 0.118. The molecule has 0 spiro atoms. The summed E-state index contributed by atoms with van der Waals surface area (Å²) < 4.78 is 4.92. The van der Waals surface area contributed by atoms with Crippen molar-refractivity contribution in [2.75, 3.05) is 7.11 Å². The quantitative estimate of drug-likeness (QED) is 0.826. The first kappa shape index (κ1) is 11.6. The summed E-state index contributed by atoms with van der Waals surface area (Å²) in [7, 11) is 1.42. The molecule has 0 aliphatic heterocycles. The van der Waals surface area contributed by atoms with Crippen LogP contribution in [-0.2, 0) is 0 Å². The molecule has 3 N–H and O–H groups in total. The van der Waals surface area contributed by atoms with Crippen LogP contribution in [0, 0.1) is 11.3 Å². The lowest BCUT2D eigenvalue weighted by Gasteiger charge is -2.12. The molecule has 0 unspecified atom stereocenters. The standard InChI is InChI=1S/C10H11ClN2O2/c1-15-9-5-6(8(13)2-3-12)4-7(11)10(9)14/h4-5,8,14H,2,13H2,1H3/t8-/m0/s1. The van der Waals surface area contributed by atoms with Crippen molar-refractivity contribution in [1.82, 2.24) is 0 Å². The fourth-order valence-corrected chi connectivity index (χ4v) is 1.40. The number of nitriles is 1. The molecule has 1 atom stereocenters. The number of benzene rings is 1. The van der Waals surface area contributed by atoms with Gasteiger partial charge in [0.05, 0.1) is 24.6 Å². The number of halogens is 1. The van der Waals surface area contributed by atoms with Gasteiger partial charge in [-0.1, -0.05) is 11.6 Å². The second kappa shape index (κ2) is 4.87. The first-order valence-corrected chi connectivity index (χ1v) is 4.67. The highest BCUT2D eigenvalue weighted by Crippen LogP contribution is 2.36. The highest BCUT2D eigenvalue weighted by molar-refractivity contribution is 6.32. The smallest absolute Gasteiger partial charge is 0.176 e. The molecule has 1 aromatic rings. The highest BCUT2D eigenvalue weighted by atomic mass is 35.5. The van der Waals surface area contributed by atoms with Gasteiger partial charge in [0.1, 0.15) is 0 Å². The number of methoxy groups -OCH3 is 1. The number of nitrogens with two attached hydrogens (primary N) is 1. The second-order valence-corrected chi connectivity index (χ2v) is 3.43. The molecule has 0 saturated carbocycles. The predicted octanol–water partition coefficient (Wildman–Crippen LogP) is 1.97. The van der Waals surface area contributed by atoms with Crippen LogP contribution in [0.3, 0.4) is 0 Å². The zero-order valence-corrected chi connectivity index (χ0v) is 8.95. The Bertz CT molecular complexity index is 401. The molecule has 1 aromatic carbocycles. The largest absolute Gasteiger partial charge is 0.503 e. The van der Waals surface area contributed by atoms with Crippen LogP contribution >= 0.6 is 11.6 Å². The van der Waals surface area contributed by atoms with E-state index in [0.29, 0.717) is 5.56 Å².